The number of aryl methyl sites for hydroxylation is 1. The zero-order valence-corrected chi connectivity index (χ0v) is 11.8. The number of nitrogens with zero attached hydrogens (tertiary/aromatic N) is 1. The van der Waals surface area contributed by atoms with Gasteiger partial charge in [-0.3, -0.25) is 9.69 Å². The summed E-state index contributed by atoms with van der Waals surface area (Å²) in [5.74, 6) is 0.888. The van der Waals surface area contributed by atoms with Gasteiger partial charge in [-0.05, 0) is 55.0 Å². The molecular weight excluding hydrogens is 236 g/mol. The van der Waals surface area contributed by atoms with Gasteiger partial charge < -0.3 is 5.32 Å². The van der Waals surface area contributed by atoms with E-state index in [4.69, 9.17) is 0 Å². The van der Waals surface area contributed by atoms with Crippen molar-refractivity contribution in [3.63, 3.8) is 0 Å². The molecule has 3 nitrogen and oxygen atoms in total. The molecule has 2 aliphatic heterocycles. The fourth-order valence-electron chi connectivity index (χ4n) is 3.37. The van der Waals surface area contributed by atoms with Crippen molar-refractivity contribution in [3.8, 4) is 0 Å². The predicted octanol–water partition coefficient (Wildman–Crippen LogP) is 2.47. The molecule has 1 N–H and O–H groups in total. The monoisotopic (exact) mass is 258 g/mol. The summed E-state index contributed by atoms with van der Waals surface area (Å²) in [7, 11) is 0. The molecule has 2 aliphatic rings. The molecule has 0 radical (unpaired) electrons. The highest BCUT2D eigenvalue weighted by Crippen LogP contribution is 2.24. The Kier molecular flexibility index (Phi) is 3.31. The predicted molar refractivity (Wildman–Crippen MR) is 76.0 cm³/mol. The molecule has 1 fully saturated rings. The first kappa shape index (κ1) is 12.7. The van der Waals surface area contributed by atoms with Gasteiger partial charge in [0.2, 0.25) is 0 Å². The second-order valence-electron chi connectivity index (χ2n) is 6.10. The van der Waals surface area contributed by atoms with Crippen LogP contribution in [0.3, 0.4) is 0 Å². The van der Waals surface area contributed by atoms with Crippen molar-refractivity contribution in [2.75, 3.05) is 13.1 Å². The summed E-state index contributed by atoms with van der Waals surface area (Å²) in [6, 6.07) is 4.34. The molecule has 2 heterocycles. The number of likely N-dealkylation sites (tertiary alicyclic amines) is 1. The van der Waals surface area contributed by atoms with Crippen LogP contribution in [0.15, 0.2) is 12.1 Å². The lowest BCUT2D eigenvalue weighted by Gasteiger charge is -2.31. The van der Waals surface area contributed by atoms with Crippen molar-refractivity contribution < 1.29 is 4.79 Å². The standard InChI is InChI=1S/C16H22N2O/c1-11-4-3-5-18(9-11)10-13-6-12(2)15-8-17-16(19)14(15)7-13/h6-7,11H,3-5,8-10H2,1-2H3,(H,17,19)/t11-/m0/s1. The van der Waals surface area contributed by atoms with Gasteiger partial charge in [-0.25, -0.2) is 0 Å². The van der Waals surface area contributed by atoms with Gasteiger partial charge in [0.25, 0.3) is 5.91 Å². The Morgan fingerprint density at radius 2 is 2.26 bits per heavy atom. The molecule has 3 rings (SSSR count). The highest BCUT2D eigenvalue weighted by molar-refractivity contribution is 5.98. The first-order chi connectivity index (χ1) is 9.13. The Hall–Kier alpha value is -1.35. The van der Waals surface area contributed by atoms with E-state index in [-0.39, 0.29) is 5.91 Å². The van der Waals surface area contributed by atoms with Crippen LogP contribution in [0.5, 0.6) is 0 Å². The summed E-state index contributed by atoms with van der Waals surface area (Å²) in [4.78, 5) is 14.3. The summed E-state index contributed by atoms with van der Waals surface area (Å²) in [5, 5.41) is 2.91. The van der Waals surface area contributed by atoms with Gasteiger partial charge in [0, 0.05) is 25.2 Å². The minimum absolute atomic E-state index is 0.0898. The molecule has 0 aromatic heterocycles. The number of carbonyl (C=O) groups excluding carboxylic acids is 1. The Bertz CT molecular complexity index is 510. The van der Waals surface area contributed by atoms with E-state index in [9.17, 15) is 4.79 Å². The molecular formula is C16H22N2O. The molecule has 0 saturated carbocycles. The van der Waals surface area contributed by atoms with Crippen LogP contribution in [0, 0.1) is 12.8 Å². The SMILES string of the molecule is Cc1cc(CN2CCC[C@H](C)C2)cc2c1CNC2=O. The fourth-order valence-corrected chi connectivity index (χ4v) is 3.37. The molecule has 102 valence electrons. The number of rotatable bonds is 2. The lowest BCUT2D eigenvalue weighted by Crippen LogP contribution is -2.33. The van der Waals surface area contributed by atoms with Crippen LogP contribution in [-0.2, 0) is 13.1 Å². The van der Waals surface area contributed by atoms with Crippen molar-refractivity contribution in [2.24, 2.45) is 5.92 Å². The fraction of sp³-hybridized carbons (Fsp3) is 0.562. The normalized spacial score (nSPS) is 23.3. The average molecular weight is 258 g/mol. The minimum Gasteiger partial charge on any atom is -0.348 e. The number of hydrogen-bond donors (Lipinski definition) is 1. The van der Waals surface area contributed by atoms with Crippen LogP contribution in [0.4, 0.5) is 0 Å². The molecule has 0 bridgehead atoms. The van der Waals surface area contributed by atoms with E-state index in [2.05, 4.69) is 36.2 Å². The molecule has 1 atom stereocenters. The Morgan fingerprint density at radius 3 is 3.05 bits per heavy atom. The molecule has 3 heteroatoms. The first-order valence-electron chi connectivity index (χ1n) is 7.26. The quantitative estimate of drug-likeness (QED) is 0.884. The summed E-state index contributed by atoms with van der Waals surface area (Å²) >= 11 is 0. The number of carbonyl (C=O) groups is 1. The van der Waals surface area contributed by atoms with Crippen molar-refractivity contribution >= 4 is 5.91 Å². The highest BCUT2D eigenvalue weighted by atomic mass is 16.1. The third-order valence-electron chi connectivity index (χ3n) is 4.35. The smallest absolute Gasteiger partial charge is 0.251 e. The molecule has 1 amide bonds. The molecule has 19 heavy (non-hydrogen) atoms. The number of benzene rings is 1. The number of amides is 1. The van der Waals surface area contributed by atoms with Gasteiger partial charge in [0.1, 0.15) is 0 Å². The molecule has 0 unspecified atom stereocenters. The van der Waals surface area contributed by atoms with Crippen molar-refractivity contribution in [3.05, 3.63) is 34.4 Å². The van der Waals surface area contributed by atoms with E-state index in [1.807, 2.05) is 0 Å². The molecule has 0 spiro atoms. The topological polar surface area (TPSA) is 32.3 Å². The molecule has 0 aliphatic carbocycles. The van der Waals surface area contributed by atoms with Gasteiger partial charge in [-0.1, -0.05) is 13.0 Å². The molecule has 1 saturated heterocycles. The van der Waals surface area contributed by atoms with Gasteiger partial charge in [-0.2, -0.15) is 0 Å². The first-order valence-corrected chi connectivity index (χ1v) is 7.26. The van der Waals surface area contributed by atoms with Gasteiger partial charge >= 0.3 is 0 Å². The zero-order chi connectivity index (χ0) is 13.4. The van der Waals surface area contributed by atoms with Crippen molar-refractivity contribution in [2.45, 2.75) is 39.8 Å². The lowest BCUT2D eigenvalue weighted by atomic mass is 9.97. The van der Waals surface area contributed by atoms with Gasteiger partial charge in [-0.15, -0.1) is 0 Å². The molecule has 1 aromatic rings. The Balaban J connectivity index is 1.80. The number of fused-ring (bicyclic) bond motifs is 1. The van der Waals surface area contributed by atoms with E-state index in [1.54, 1.807) is 0 Å². The minimum atomic E-state index is 0.0898. The second kappa shape index (κ2) is 4.97. The van der Waals surface area contributed by atoms with Crippen LogP contribution >= 0.6 is 0 Å². The third-order valence-corrected chi connectivity index (χ3v) is 4.35. The third kappa shape index (κ3) is 2.52. The second-order valence-corrected chi connectivity index (χ2v) is 6.10. The van der Waals surface area contributed by atoms with E-state index in [0.717, 1.165) is 18.0 Å². The van der Waals surface area contributed by atoms with Crippen molar-refractivity contribution in [1.82, 2.24) is 10.2 Å². The molecule has 1 aromatic carbocycles. The van der Waals surface area contributed by atoms with Crippen LogP contribution in [0.1, 0.15) is 46.8 Å². The van der Waals surface area contributed by atoms with Gasteiger partial charge in [0.15, 0.2) is 0 Å². The lowest BCUT2D eigenvalue weighted by molar-refractivity contribution is 0.0965. The van der Waals surface area contributed by atoms with E-state index in [0.29, 0.717) is 6.54 Å². The number of piperidine rings is 1. The van der Waals surface area contributed by atoms with E-state index < -0.39 is 0 Å². The van der Waals surface area contributed by atoms with Crippen LogP contribution in [0.2, 0.25) is 0 Å². The Labute approximate surface area is 115 Å². The van der Waals surface area contributed by atoms with Crippen LogP contribution in [0.25, 0.3) is 0 Å². The number of hydrogen-bond acceptors (Lipinski definition) is 2. The summed E-state index contributed by atoms with van der Waals surface area (Å²) in [5.41, 5.74) is 4.60. The number of nitrogens with one attached hydrogen (secondary N) is 1. The summed E-state index contributed by atoms with van der Waals surface area (Å²) < 4.78 is 0. The highest BCUT2D eigenvalue weighted by Gasteiger charge is 2.22. The maximum Gasteiger partial charge on any atom is 0.251 e. The van der Waals surface area contributed by atoms with Gasteiger partial charge in [0.05, 0.1) is 0 Å². The largest absolute Gasteiger partial charge is 0.348 e. The Morgan fingerprint density at radius 1 is 1.42 bits per heavy atom. The maximum absolute atomic E-state index is 11.8. The summed E-state index contributed by atoms with van der Waals surface area (Å²) in [6.07, 6.45) is 2.65. The maximum atomic E-state index is 11.8. The van der Waals surface area contributed by atoms with E-state index in [1.165, 1.54) is 42.6 Å². The van der Waals surface area contributed by atoms with Crippen LogP contribution in [-0.4, -0.2) is 23.9 Å². The zero-order valence-electron chi connectivity index (χ0n) is 11.8. The summed E-state index contributed by atoms with van der Waals surface area (Å²) in [6.45, 7) is 8.48. The van der Waals surface area contributed by atoms with Crippen LogP contribution < -0.4 is 5.32 Å². The van der Waals surface area contributed by atoms with E-state index >= 15 is 0 Å². The average Bonchev–Trinajstić information content (AvgIpc) is 2.72. The van der Waals surface area contributed by atoms with Crippen molar-refractivity contribution in [1.29, 1.82) is 0 Å².